The largest absolute Gasteiger partial charge is 0.490 e. The fourth-order valence-electron chi connectivity index (χ4n) is 7.84. The summed E-state index contributed by atoms with van der Waals surface area (Å²) in [5.74, 6) is 0.689. The number of fused-ring (bicyclic) bond motifs is 1. The van der Waals surface area contributed by atoms with Gasteiger partial charge < -0.3 is 19.3 Å². The second-order valence-electron chi connectivity index (χ2n) is 13.9. The van der Waals surface area contributed by atoms with Crippen LogP contribution in [0.2, 0.25) is 5.15 Å². The number of halogens is 2. The van der Waals surface area contributed by atoms with Gasteiger partial charge in [0.25, 0.3) is 5.91 Å². The van der Waals surface area contributed by atoms with Gasteiger partial charge >= 0.3 is 6.01 Å². The third-order valence-electron chi connectivity index (χ3n) is 10.2. The highest BCUT2D eigenvalue weighted by atomic mass is 35.5. The zero-order valence-corrected chi connectivity index (χ0v) is 29.7. The van der Waals surface area contributed by atoms with Crippen molar-refractivity contribution < 1.29 is 18.7 Å². The zero-order valence-electron chi connectivity index (χ0n) is 29.0. The van der Waals surface area contributed by atoms with Crippen molar-refractivity contribution in [1.29, 1.82) is 0 Å². The van der Waals surface area contributed by atoms with E-state index < -0.39 is 5.82 Å². The number of rotatable bonds is 11. The lowest BCUT2D eigenvalue weighted by Gasteiger charge is -2.58. The van der Waals surface area contributed by atoms with Gasteiger partial charge in [0.05, 0.1) is 11.3 Å². The fraction of sp³-hybridized carbons (Fsp3) is 0.447. The Hall–Kier alpha value is -4.35. The summed E-state index contributed by atoms with van der Waals surface area (Å²) in [4.78, 5) is 28.9. The van der Waals surface area contributed by atoms with Crippen LogP contribution in [0.5, 0.6) is 17.5 Å². The minimum atomic E-state index is -0.538. The summed E-state index contributed by atoms with van der Waals surface area (Å²) in [6, 6.07) is 16.6. The van der Waals surface area contributed by atoms with E-state index in [2.05, 4.69) is 62.2 Å². The van der Waals surface area contributed by atoms with Gasteiger partial charge in [0.2, 0.25) is 0 Å². The molecule has 1 aliphatic carbocycles. The molecule has 2 aliphatic heterocycles. The normalized spacial score (nSPS) is 18.4. The van der Waals surface area contributed by atoms with E-state index in [9.17, 15) is 9.18 Å². The smallest absolute Gasteiger partial charge is 0.343 e. The second kappa shape index (κ2) is 14.1. The zero-order chi connectivity index (χ0) is 35.0. The molecule has 1 saturated carbocycles. The van der Waals surface area contributed by atoms with Crippen LogP contribution in [0.25, 0.3) is 0 Å². The summed E-state index contributed by atoms with van der Waals surface area (Å²) in [5.41, 5.74) is 3.89. The Morgan fingerprint density at radius 2 is 1.86 bits per heavy atom. The molecule has 12 heteroatoms. The third-order valence-corrected chi connectivity index (χ3v) is 10.5. The lowest BCUT2D eigenvalue weighted by atomic mass is 9.61. The molecular formula is C38H43ClFN7O3. The van der Waals surface area contributed by atoms with E-state index in [0.29, 0.717) is 12.4 Å². The van der Waals surface area contributed by atoms with Gasteiger partial charge in [-0.3, -0.25) is 14.7 Å². The highest BCUT2D eigenvalue weighted by Gasteiger charge is 2.54. The first-order valence-electron chi connectivity index (χ1n) is 17.5. The molecule has 0 N–H and O–H groups in total. The Morgan fingerprint density at radius 1 is 1.08 bits per heavy atom. The Bertz CT molecular complexity index is 1850. The topological polar surface area (TPSA) is 96.8 Å². The number of benzene rings is 2. The van der Waals surface area contributed by atoms with Crippen molar-refractivity contribution in [2.45, 2.75) is 78.1 Å². The minimum absolute atomic E-state index is 0.0670. The number of carbonyl (C=O) groups excluding carboxylic acids is 1. The Labute approximate surface area is 297 Å². The lowest BCUT2D eigenvalue weighted by molar-refractivity contribution is -0.0357. The molecule has 1 spiro atoms. The average molecular weight is 700 g/mol. The first kappa shape index (κ1) is 34.1. The first-order chi connectivity index (χ1) is 24.2. The third kappa shape index (κ3) is 6.73. The van der Waals surface area contributed by atoms with E-state index in [0.717, 1.165) is 63.3 Å². The number of hydrogen-bond acceptors (Lipinski definition) is 9. The molecule has 2 fully saturated rings. The molecule has 10 nitrogen and oxygen atoms in total. The number of aromatic nitrogens is 4. The standard InChI is InChI=1S/C38H43ClFN7O3/c1-5-30-33-29(15-17-45(30)21-25-10-8-7-9-11-25)41-16-14-32(33)49-27-19-38(20-27)22-46(23-38)35-34(39)43-44-37(42-35)50-31-13-12-26(40)18-28(31)36(48)47(6-2)24(3)4/h7-14,16,18,24,27,30H,5-6,15,17,19-23H2,1-4H3. The number of pyridine rings is 1. The quantitative estimate of drug-likeness (QED) is 0.160. The first-order valence-corrected chi connectivity index (χ1v) is 17.9. The summed E-state index contributed by atoms with van der Waals surface area (Å²) in [6.45, 7) is 11.8. The maximum Gasteiger partial charge on any atom is 0.343 e. The Balaban J connectivity index is 1.00. The van der Waals surface area contributed by atoms with Crippen LogP contribution >= 0.6 is 11.6 Å². The van der Waals surface area contributed by atoms with Gasteiger partial charge in [-0.15, -0.1) is 5.10 Å². The van der Waals surface area contributed by atoms with Crippen LogP contribution in [-0.2, 0) is 13.0 Å². The summed E-state index contributed by atoms with van der Waals surface area (Å²) in [6.07, 6.45) is 5.74. The van der Waals surface area contributed by atoms with Crippen LogP contribution in [-0.4, -0.2) is 74.2 Å². The highest BCUT2D eigenvalue weighted by molar-refractivity contribution is 6.31. The van der Waals surface area contributed by atoms with Crippen molar-refractivity contribution >= 4 is 23.3 Å². The molecular weight excluding hydrogens is 657 g/mol. The van der Waals surface area contributed by atoms with Gasteiger partial charge in [-0.2, -0.15) is 4.98 Å². The van der Waals surface area contributed by atoms with Crippen LogP contribution in [0.4, 0.5) is 10.2 Å². The molecule has 262 valence electrons. The molecule has 1 amide bonds. The predicted octanol–water partition coefficient (Wildman–Crippen LogP) is 7.28. The number of carbonyl (C=O) groups is 1. The maximum absolute atomic E-state index is 14.2. The maximum atomic E-state index is 14.2. The average Bonchev–Trinajstić information content (AvgIpc) is 3.07. The SMILES string of the molecule is CCC1c2c(OC3CC4(C3)CN(c3nc(Oc5ccc(F)cc5C(=O)N(CC)C(C)C)nnc3Cl)C4)ccnc2CCN1Cc1ccccc1. The van der Waals surface area contributed by atoms with E-state index in [-0.39, 0.29) is 52.0 Å². The summed E-state index contributed by atoms with van der Waals surface area (Å²) >= 11 is 6.47. The monoisotopic (exact) mass is 699 g/mol. The molecule has 4 aromatic rings. The predicted molar refractivity (Wildman–Crippen MR) is 189 cm³/mol. The van der Waals surface area contributed by atoms with Gasteiger partial charge in [0, 0.05) is 68.4 Å². The Morgan fingerprint density at radius 3 is 2.58 bits per heavy atom. The van der Waals surface area contributed by atoms with Gasteiger partial charge in [0.15, 0.2) is 11.0 Å². The van der Waals surface area contributed by atoms with E-state index >= 15 is 0 Å². The fourth-order valence-corrected chi connectivity index (χ4v) is 8.04. The van der Waals surface area contributed by atoms with E-state index in [4.69, 9.17) is 26.1 Å². The van der Waals surface area contributed by atoms with Crippen LogP contribution < -0.4 is 14.4 Å². The molecule has 50 heavy (non-hydrogen) atoms. The van der Waals surface area contributed by atoms with Crippen LogP contribution in [0.3, 0.4) is 0 Å². The van der Waals surface area contributed by atoms with Gasteiger partial charge in [0.1, 0.15) is 23.4 Å². The molecule has 0 radical (unpaired) electrons. The molecule has 2 aromatic heterocycles. The Kier molecular flexibility index (Phi) is 9.63. The van der Waals surface area contributed by atoms with Gasteiger partial charge in [-0.25, -0.2) is 4.39 Å². The van der Waals surface area contributed by atoms with Crippen molar-refractivity contribution in [3.8, 4) is 17.5 Å². The summed E-state index contributed by atoms with van der Waals surface area (Å²) in [7, 11) is 0. The molecule has 1 saturated heterocycles. The van der Waals surface area contributed by atoms with Crippen molar-refractivity contribution in [1.82, 2.24) is 30.0 Å². The van der Waals surface area contributed by atoms with Crippen molar-refractivity contribution in [3.63, 3.8) is 0 Å². The highest BCUT2D eigenvalue weighted by Crippen LogP contribution is 2.52. The molecule has 4 heterocycles. The summed E-state index contributed by atoms with van der Waals surface area (Å²) in [5, 5.41) is 8.27. The van der Waals surface area contributed by atoms with Crippen molar-refractivity contribution in [3.05, 3.63) is 94.1 Å². The van der Waals surface area contributed by atoms with Gasteiger partial charge in [-0.05, 0) is 69.9 Å². The molecule has 1 atom stereocenters. The molecule has 2 aromatic carbocycles. The van der Waals surface area contributed by atoms with E-state index in [1.807, 2.05) is 33.0 Å². The minimum Gasteiger partial charge on any atom is -0.490 e. The number of hydrogen-bond donors (Lipinski definition) is 0. The summed E-state index contributed by atoms with van der Waals surface area (Å²) < 4.78 is 26.9. The molecule has 3 aliphatic rings. The molecule has 0 bridgehead atoms. The number of amides is 1. The van der Waals surface area contributed by atoms with Crippen molar-refractivity contribution in [2.24, 2.45) is 5.41 Å². The van der Waals surface area contributed by atoms with Crippen molar-refractivity contribution in [2.75, 3.05) is 31.1 Å². The van der Waals surface area contributed by atoms with Crippen LogP contribution in [0.15, 0.2) is 60.8 Å². The number of ether oxygens (including phenoxy) is 2. The lowest BCUT2D eigenvalue weighted by Crippen LogP contribution is -2.65. The van der Waals surface area contributed by atoms with E-state index in [1.54, 1.807) is 4.90 Å². The second-order valence-corrected chi connectivity index (χ2v) is 14.3. The van der Waals surface area contributed by atoms with Crippen LogP contribution in [0, 0.1) is 11.2 Å². The molecule has 7 rings (SSSR count). The number of nitrogens with zero attached hydrogens (tertiary/aromatic N) is 7. The number of anilines is 1. The van der Waals surface area contributed by atoms with Crippen LogP contribution in [0.1, 0.15) is 80.2 Å². The van der Waals surface area contributed by atoms with Gasteiger partial charge in [-0.1, -0.05) is 54.0 Å². The van der Waals surface area contributed by atoms with E-state index in [1.165, 1.54) is 29.3 Å². The molecule has 1 unspecified atom stereocenters.